The molecule has 0 amide bonds. The summed E-state index contributed by atoms with van der Waals surface area (Å²) in [5, 5.41) is 6.91. The van der Waals surface area contributed by atoms with Crippen molar-refractivity contribution in [2.24, 2.45) is 11.8 Å². The van der Waals surface area contributed by atoms with Crippen LogP contribution in [0.3, 0.4) is 0 Å². The lowest BCUT2D eigenvalue weighted by Crippen LogP contribution is -2.49. The van der Waals surface area contributed by atoms with E-state index in [1.165, 1.54) is 55.6 Å². The number of nitrogens with one attached hydrogen (secondary N) is 2. The number of anilines is 1. The molecule has 0 radical (unpaired) electrons. The molecule has 2 aromatic carbocycles. The summed E-state index contributed by atoms with van der Waals surface area (Å²) in [6, 6.07) is 18.9. The van der Waals surface area contributed by atoms with Crippen LogP contribution in [0.4, 0.5) is 5.69 Å². The zero-order valence-electron chi connectivity index (χ0n) is 21.7. The maximum absolute atomic E-state index is 3.48. The molecule has 1 atom stereocenters. The second-order valence-electron chi connectivity index (χ2n) is 10.9. The van der Waals surface area contributed by atoms with E-state index in [1.807, 2.05) is 0 Å². The number of benzene rings is 2. The van der Waals surface area contributed by atoms with Crippen LogP contribution in [0.1, 0.15) is 70.1 Å². The monoisotopic (exact) mass is 449 g/mol. The van der Waals surface area contributed by atoms with Gasteiger partial charge in [0, 0.05) is 31.4 Å². The van der Waals surface area contributed by atoms with Gasteiger partial charge in [-0.15, -0.1) is 0 Å². The molecule has 2 aromatic rings. The van der Waals surface area contributed by atoms with Crippen LogP contribution in [0.2, 0.25) is 0 Å². The molecule has 2 N–H and O–H groups in total. The first-order valence-corrected chi connectivity index (χ1v) is 13.3. The largest absolute Gasteiger partial charge is 0.369 e. The predicted molar refractivity (Wildman–Crippen MR) is 144 cm³/mol. The van der Waals surface area contributed by atoms with Gasteiger partial charge < -0.3 is 15.5 Å². The van der Waals surface area contributed by atoms with E-state index in [0.29, 0.717) is 6.04 Å². The average molecular weight is 450 g/mol. The van der Waals surface area contributed by atoms with Crippen LogP contribution in [0.15, 0.2) is 48.5 Å². The van der Waals surface area contributed by atoms with E-state index in [2.05, 4.69) is 98.7 Å². The van der Waals surface area contributed by atoms with Crippen LogP contribution in [-0.2, 0) is 12.8 Å². The maximum atomic E-state index is 3.48. The fraction of sp³-hybridized carbons (Fsp3) is 0.600. The number of nitrogens with zero attached hydrogens (tertiary/aromatic N) is 1. The van der Waals surface area contributed by atoms with Gasteiger partial charge in [0.2, 0.25) is 0 Å². The molecule has 2 saturated heterocycles. The van der Waals surface area contributed by atoms with Gasteiger partial charge in [0.15, 0.2) is 0 Å². The lowest BCUT2D eigenvalue weighted by Gasteiger charge is -2.33. The molecule has 3 heteroatoms. The summed E-state index contributed by atoms with van der Waals surface area (Å²) in [6.45, 7) is 17.1. The fourth-order valence-corrected chi connectivity index (χ4v) is 5.08. The third kappa shape index (κ3) is 8.79. The van der Waals surface area contributed by atoms with E-state index in [1.54, 1.807) is 5.56 Å². The Kier molecular flexibility index (Phi) is 10.3. The van der Waals surface area contributed by atoms with E-state index >= 15 is 0 Å². The van der Waals surface area contributed by atoms with E-state index in [-0.39, 0.29) is 0 Å². The van der Waals surface area contributed by atoms with Crippen molar-refractivity contribution in [3.8, 4) is 0 Å². The molecule has 4 rings (SSSR count). The van der Waals surface area contributed by atoms with Gasteiger partial charge in [-0.05, 0) is 92.3 Å². The molecule has 0 bridgehead atoms. The highest BCUT2D eigenvalue weighted by molar-refractivity contribution is 5.48. The molecule has 0 aliphatic carbocycles. The Hall–Kier alpha value is -1.84. The Balaban J connectivity index is 0.000000186. The summed E-state index contributed by atoms with van der Waals surface area (Å²) < 4.78 is 0. The van der Waals surface area contributed by atoms with Gasteiger partial charge >= 0.3 is 0 Å². The summed E-state index contributed by atoms with van der Waals surface area (Å²) in [7, 11) is 0. The van der Waals surface area contributed by atoms with Gasteiger partial charge in [-0.2, -0.15) is 0 Å². The second-order valence-corrected chi connectivity index (χ2v) is 10.9. The minimum atomic E-state index is 0.596. The molecular weight excluding hydrogens is 402 g/mol. The number of piperidine rings is 1. The van der Waals surface area contributed by atoms with Crippen molar-refractivity contribution in [3.05, 3.63) is 65.2 Å². The van der Waals surface area contributed by atoms with Crippen molar-refractivity contribution in [3.63, 3.8) is 0 Å². The lowest BCUT2D eigenvalue weighted by molar-refractivity contribution is 0.460. The molecule has 33 heavy (non-hydrogen) atoms. The Bertz CT molecular complexity index is 806. The standard InChI is InChI=1S/C15H24N2.C15H23N/c1-12(2)10-14-4-6-15(7-5-14)17-9-8-16-13(3)11-17;1-12(2)10-13-4-3-5-15(11-13)14-6-8-16-9-7-14/h4-7,12-13,16H,8-11H2,1-3H3;3-5,11-12,14,16H,6-10H2,1-2H3/t13-;/m0./s1. The Labute approximate surface area is 203 Å². The van der Waals surface area contributed by atoms with Crippen molar-refractivity contribution in [2.75, 3.05) is 37.6 Å². The van der Waals surface area contributed by atoms with Crippen LogP contribution in [-0.4, -0.2) is 38.8 Å². The van der Waals surface area contributed by atoms with Gasteiger partial charge in [0.1, 0.15) is 0 Å². The lowest BCUT2D eigenvalue weighted by atomic mass is 9.88. The molecule has 3 nitrogen and oxygen atoms in total. The maximum Gasteiger partial charge on any atom is 0.0367 e. The molecular formula is C30H47N3. The summed E-state index contributed by atoms with van der Waals surface area (Å²) in [5.41, 5.74) is 5.88. The predicted octanol–water partition coefficient (Wildman–Crippen LogP) is 6.04. The van der Waals surface area contributed by atoms with Crippen molar-refractivity contribution >= 4 is 5.69 Å². The molecule has 2 fully saturated rings. The molecule has 0 saturated carbocycles. The third-order valence-electron chi connectivity index (χ3n) is 6.72. The molecule has 2 heterocycles. The zero-order valence-corrected chi connectivity index (χ0v) is 21.7. The van der Waals surface area contributed by atoms with Gasteiger partial charge in [0.05, 0.1) is 0 Å². The number of piperazine rings is 1. The number of rotatable bonds is 6. The normalized spacial score (nSPS) is 19.5. The Morgan fingerprint density at radius 1 is 0.848 bits per heavy atom. The van der Waals surface area contributed by atoms with Gasteiger partial charge in [-0.3, -0.25) is 0 Å². The first-order chi connectivity index (χ1) is 15.9. The minimum Gasteiger partial charge on any atom is -0.369 e. The molecule has 2 aliphatic rings. The second kappa shape index (κ2) is 13.2. The summed E-state index contributed by atoms with van der Waals surface area (Å²) >= 11 is 0. The minimum absolute atomic E-state index is 0.596. The number of hydrogen-bond acceptors (Lipinski definition) is 3. The van der Waals surface area contributed by atoms with Crippen molar-refractivity contribution in [1.29, 1.82) is 0 Å². The topological polar surface area (TPSA) is 27.3 Å². The highest BCUT2D eigenvalue weighted by Crippen LogP contribution is 2.26. The quantitative estimate of drug-likeness (QED) is 0.563. The van der Waals surface area contributed by atoms with Crippen molar-refractivity contribution < 1.29 is 0 Å². The van der Waals surface area contributed by atoms with Crippen LogP contribution < -0.4 is 15.5 Å². The van der Waals surface area contributed by atoms with Crippen LogP contribution in [0, 0.1) is 11.8 Å². The van der Waals surface area contributed by atoms with Crippen LogP contribution in [0.25, 0.3) is 0 Å². The molecule has 0 unspecified atom stereocenters. The zero-order chi connectivity index (χ0) is 23.6. The van der Waals surface area contributed by atoms with E-state index in [0.717, 1.165) is 37.4 Å². The first-order valence-electron chi connectivity index (χ1n) is 13.3. The van der Waals surface area contributed by atoms with Crippen molar-refractivity contribution in [2.45, 2.75) is 72.3 Å². The highest BCUT2D eigenvalue weighted by atomic mass is 15.2. The molecule has 0 spiro atoms. The summed E-state index contributed by atoms with van der Waals surface area (Å²) in [6.07, 6.45) is 4.98. The number of hydrogen-bond donors (Lipinski definition) is 2. The van der Waals surface area contributed by atoms with Crippen molar-refractivity contribution in [1.82, 2.24) is 10.6 Å². The molecule has 182 valence electrons. The summed E-state index contributed by atoms with van der Waals surface area (Å²) in [5.74, 6) is 2.27. The van der Waals surface area contributed by atoms with E-state index in [4.69, 9.17) is 0 Å². The van der Waals surface area contributed by atoms with Crippen LogP contribution in [0.5, 0.6) is 0 Å². The van der Waals surface area contributed by atoms with Gasteiger partial charge in [-0.1, -0.05) is 64.1 Å². The average Bonchev–Trinajstić information content (AvgIpc) is 2.80. The first kappa shape index (κ1) is 25.8. The SMILES string of the molecule is CC(C)Cc1ccc(N2CCN[C@@H](C)C2)cc1.CC(C)Cc1cccc(C2CCNCC2)c1. The third-order valence-corrected chi connectivity index (χ3v) is 6.72. The molecule has 0 aromatic heterocycles. The van der Waals surface area contributed by atoms with E-state index in [9.17, 15) is 0 Å². The fourth-order valence-electron chi connectivity index (χ4n) is 5.08. The van der Waals surface area contributed by atoms with Crippen LogP contribution >= 0.6 is 0 Å². The van der Waals surface area contributed by atoms with E-state index < -0.39 is 0 Å². The smallest absolute Gasteiger partial charge is 0.0367 e. The Morgan fingerprint density at radius 3 is 2.15 bits per heavy atom. The van der Waals surface area contributed by atoms with Gasteiger partial charge in [-0.25, -0.2) is 0 Å². The Morgan fingerprint density at radius 2 is 1.52 bits per heavy atom. The summed E-state index contributed by atoms with van der Waals surface area (Å²) in [4.78, 5) is 2.47. The highest BCUT2D eigenvalue weighted by Gasteiger charge is 2.16. The van der Waals surface area contributed by atoms with Gasteiger partial charge in [0.25, 0.3) is 0 Å². The molecule has 2 aliphatic heterocycles.